The minimum absolute atomic E-state index is 0.984. The SMILES string of the molecule is CC1CCCC1I. The molecule has 0 aliphatic heterocycles. The Labute approximate surface area is 58.8 Å². The molecule has 0 aromatic carbocycles. The van der Waals surface area contributed by atoms with Crippen LogP contribution in [0, 0.1) is 5.92 Å². The highest BCUT2D eigenvalue weighted by molar-refractivity contribution is 14.1. The first-order valence-electron chi connectivity index (χ1n) is 2.95. The summed E-state index contributed by atoms with van der Waals surface area (Å²) >= 11 is 2.56. The average Bonchev–Trinajstić information content (AvgIpc) is 1.91. The fourth-order valence-corrected chi connectivity index (χ4v) is 1.90. The first-order chi connectivity index (χ1) is 3.30. The van der Waals surface area contributed by atoms with E-state index in [1.54, 1.807) is 0 Å². The highest BCUT2D eigenvalue weighted by Gasteiger charge is 2.19. The number of hydrogen-bond acceptors (Lipinski definition) is 0. The Bertz CT molecular complexity index is 53.2. The lowest BCUT2D eigenvalue weighted by Gasteiger charge is -2.03. The Morgan fingerprint density at radius 2 is 2.14 bits per heavy atom. The first-order valence-corrected chi connectivity index (χ1v) is 4.19. The molecule has 0 aromatic rings. The first kappa shape index (κ1) is 5.86. The Morgan fingerprint density at radius 3 is 2.29 bits per heavy atom. The molecule has 0 spiro atoms. The zero-order valence-corrected chi connectivity index (χ0v) is 6.81. The second kappa shape index (κ2) is 2.33. The lowest BCUT2D eigenvalue weighted by Crippen LogP contribution is -1.98. The van der Waals surface area contributed by atoms with Crippen molar-refractivity contribution in [1.29, 1.82) is 0 Å². The van der Waals surface area contributed by atoms with Crippen molar-refractivity contribution >= 4 is 22.6 Å². The van der Waals surface area contributed by atoms with Gasteiger partial charge in [-0.3, -0.25) is 0 Å². The van der Waals surface area contributed by atoms with Crippen molar-refractivity contribution in [3.8, 4) is 0 Å². The lowest BCUT2D eigenvalue weighted by atomic mass is 10.1. The monoisotopic (exact) mass is 210 g/mol. The van der Waals surface area contributed by atoms with Gasteiger partial charge in [0.2, 0.25) is 0 Å². The van der Waals surface area contributed by atoms with Crippen molar-refractivity contribution < 1.29 is 0 Å². The number of alkyl halides is 1. The Balaban J connectivity index is 2.33. The van der Waals surface area contributed by atoms with E-state index in [1.807, 2.05) is 0 Å². The molecule has 2 atom stereocenters. The highest BCUT2D eigenvalue weighted by Crippen LogP contribution is 2.30. The molecule has 0 bridgehead atoms. The lowest BCUT2D eigenvalue weighted by molar-refractivity contribution is 0.638. The molecule has 1 saturated carbocycles. The third-order valence-corrected chi connectivity index (χ3v) is 3.61. The number of rotatable bonds is 0. The number of hydrogen-bond donors (Lipinski definition) is 0. The van der Waals surface area contributed by atoms with Crippen LogP contribution in [0.4, 0.5) is 0 Å². The number of halogens is 1. The van der Waals surface area contributed by atoms with Crippen molar-refractivity contribution in [3.63, 3.8) is 0 Å². The van der Waals surface area contributed by atoms with Crippen LogP contribution in [0.15, 0.2) is 0 Å². The molecular formula is C6H11I. The highest BCUT2D eigenvalue weighted by atomic mass is 127. The molecule has 0 nitrogen and oxygen atoms in total. The Hall–Kier alpha value is 0.730. The van der Waals surface area contributed by atoms with Gasteiger partial charge in [0.05, 0.1) is 0 Å². The molecule has 0 aromatic heterocycles. The maximum absolute atomic E-state index is 2.56. The third kappa shape index (κ3) is 1.31. The molecule has 0 N–H and O–H groups in total. The molecule has 42 valence electrons. The van der Waals surface area contributed by atoms with Gasteiger partial charge in [-0.15, -0.1) is 0 Å². The summed E-state index contributed by atoms with van der Waals surface area (Å²) < 4.78 is 0.984. The van der Waals surface area contributed by atoms with Crippen molar-refractivity contribution in [2.24, 2.45) is 5.92 Å². The van der Waals surface area contributed by atoms with Crippen LogP contribution < -0.4 is 0 Å². The Morgan fingerprint density at radius 1 is 1.43 bits per heavy atom. The van der Waals surface area contributed by atoms with Gasteiger partial charge in [0.25, 0.3) is 0 Å². The standard InChI is InChI=1S/C6H11I/c1-5-3-2-4-6(5)7/h5-6H,2-4H2,1H3. The molecule has 0 radical (unpaired) electrons. The van der Waals surface area contributed by atoms with E-state index in [0.29, 0.717) is 0 Å². The molecule has 1 aliphatic rings. The van der Waals surface area contributed by atoms with E-state index in [4.69, 9.17) is 0 Å². The molecular weight excluding hydrogens is 199 g/mol. The minimum Gasteiger partial charge on any atom is -0.0823 e. The largest absolute Gasteiger partial charge is 0.0823 e. The molecule has 0 heterocycles. The van der Waals surface area contributed by atoms with Crippen molar-refractivity contribution in [2.45, 2.75) is 30.1 Å². The summed E-state index contributed by atoms with van der Waals surface area (Å²) in [6, 6.07) is 0. The maximum Gasteiger partial charge on any atom is 0.0135 e. The summed E-state index contributed by atoms with van der Waals surface area (Å²) in [5.74, 6) is 1.00. The third-order valence-electron chi connectivity index (χ3n) is 1.76. The molecule has 0 amide bonds. The van der Waals surface area contributed by atoms with E-state index in [2.05, 4.69) is 29.5 Å². The van der Waals surface area contributed by atoms with E-state index in [1.165, 1.54) is 19.3 Å². The molecule has 7 heavy (non-hydrogen) atoms. The van der Waals surface area contributed by atoms with Gasteiger partial charge in [-0.25, -0.2) is 0 Å². The van der Waals surface area contributed by atoms with E-state index < -0.39 is 0 Å². The predicted molar refractivity (Wildman–Crippen MR) is 40.8 cm³/mol. The van der Waals surface area contributed by atoms with E-state index in [-0.39, 0.29) is 0 Å². The fraction of sp³-hybridized carbons (Fsp3) is 1.00. The van der Waals surface area contributed by atoms with Crippen LogP contribution in [-0.2, 0) is 0 Å². The zero-order valence-electron chi connectivity index (χ0n) is 4.65. The normalized spacial score (nSPS) is 42.0. The second-order valence-electron chi connectivity index (χ2n) is 2.42. The Kier molecular flexibility index (Phi) is 1.95. The van der Waals surface area contributed by atoms with Gasteiger partial charge >= 0.3 is 0 Å². The van der Waals surface area contributed by atoms with Gasteiger partial charge in [-0.1, -0.05) is 35.9 Å². The summed E-state index contributed by atoms with van der Waals surface area (Å²) in [6.45, 7) is 2.35. The second-order valence-corrected chi connectivity index (χ2v) is 4.02. The smallest absolute Gasteiger partial charge is 0.0135 e. The predicted octanol–water partition coefficient (Wildman–Crippen LogP) is 2.61. The van der Waals surface area contributed by atoms with Gasteiger partial charge in [0.1, 0.15) is 0 Å². The minimum atomic E-state index is 0.984. The van der Waals surface area contributed by atoms with E-state index in [9.17, 15) is 0 Å². The van der Waals surface area contributed by atoms with Gasteiger partial charge < -0.3 is 0 Å². The average molecular weight is 210 g/mol. The van der Waals surface area contributed by atoms with Crippen molar-refractivity contribution in [2.75, 3.05) is 0 Å². The van der Waals surface area contributed by atoms with Crippen LogP contribution in [0.25, 0.3) is 0 Å². The van der Waals surface area contributed by atoms with Crippen LogP contribution in [-0.4, -0.2) is 3.92 Å². The molecule has 1 heteroatoms. The summed E-state index contributed by atoms with van der Waals surface area (Å²) in [4.78, 5) is 0. The topological polar surface area (TPSA) is 0 Å². The molecule has 2 unspecified atom stereocenters. The van der Waals surface area contributed by atoms with Crippen molar-refractivity contribution in [1.82, 2.24) is 0 Å². The summed E-state index contributed by atoms with van der Waals surface area (Å²) in [5, 5.41) is 0. The summed E-state index contributed by atoms with van der Waals surface area (Å²) in [5.41, 5.74) is 0. The molecule has 1 fully saturated rings. The molecule has 1 rings (SSSR count). The van der Waals surface area contributed by atoms with E-state index >= 15 is 0 Å². The van der Waals surface area contributed by atoms with Crippen LogP contribution in [0.3, 0.4) is 0 Å². The quantitative estimate of drug-likeness (QED) is 0.425. The van der Waals surface area contributed by atoms with Gasteiger partial charge in [-0.05, 0) is 18.8 Å². The van der Waals surface area contributed by atoms with E-state index in [0.717, 1.165) is 9.84 Å². The van der Waals surface area contributed by atoms with Crippen LogP contribution in [0.1, 0.15) is 26.2 Å². The van der Waals surface area contributed by atoms with Gasteiger partial charge in [0, 0.05) is 3.92 Å². The van der Waals surface area contributed by atoms with Crippen LogP contribution in [0.2, 0.25) is 0 Å². The van der Waals surface area contributed by atoms with Gasteiger partial charge in [-0.2, -0.15) is 0 Å². The molecule has 1 aliphatic carbocycles. The van der Waals surface area contributed by atoms with Crippen LogP contribution >= 0.6 is 22.6 Å². The van der Waals surface area contributed by atoms with Crippen LogP contribution in [0.5, 0.6) is 0 Å². The molecule has 0 saturated heterocycles. The summed E-state index contributed by atoms with van der Waals surface area (Å²) in [6.07, 6.45) is 4.39. The fourth-order valence-electron chi connectivity index (χ4n) is 1.10. The van der Waals surface area contributed by atoms with Crippen molar-refractivity contribution in [3.05, 3.63) is 0 Å². The summed E-state index contributed by atoms with van der Waals surface area (Å²) in [7, 11) is 0. The zero-order chi connectivity index (χ0) is 5.28. The van der Waals surface area contributed by atoms with Gasteiger partial charge in [0.15, 0.2) is 0 Å². The maximum atomic E-state index is 2.56.